The highest BCUT2D eigenvalue weighted by molar-refractivity contribution is 7.98. The van der Waals surface area contributed by atoms with Gasteiger partial charge in [-0.1, -0.05) is 50.1 Å². The molecule has 1 saturated heterocycles. The van der Waals surface area contributed by atoms with Crippen LogP contribution < -0.4 is 4.90 Å². The molecule has 0 atom stereocenters. The van der Waals surface area contributed by atoms with Gasteiger partial charge in [0.1, 0.15) is 5.82 Å². The number of aromatic nitrogens is 2. The lowest BCUT2D eigenvalue weighted by Crippen LogP contribution is -2.34. The summed E-state index contributed by atoms with van der Waals surface area (Å²) in [7, 11) is 2.18. The van der Waals surface area contributed by atoms with E-state index in [-0.39, 0.29) is 5.91 Å². The van der Waals surface area contributed by atoms with E-state index in [1.807, 2.05) is 17.0 Å². The molecule has 2 aromatic rings. The first-order valence-corrected chi connectivity index (χ1v) is 12.7. The van der Waals surface area contributed by atoms with Crippen LogP contribution in [0.1, 0.15) is 73.5 Å². The van der Waals surface area contributed by atoms with Gasteiger partial charge in [0.05, 0.1) is 0 Å². The summed E-state index contributed by atoms with van der Waals surface area (Å²) in [6, 6.07) is 10.8. The highest BCUT2D eigenvalue weighted by Crippen LogP contribution is 2.28. The van der Waals surface area contributed by atoms with Crippen LogP contribution in [0.3, 0.4) is 0 Å². The van der Waals surface area contributed by atoms with E-state index >= 15 is 0 Å². The predicted molar refractivity (Wildman–Crippen MR) is 128 cm³/mol. The van der Waals surface area contributed by atoms with Gasteiger partial charge in [0.15, 0.2) is 5.16 Å². The van der Waals surface area contributed by atoms with Crippen LogP contribution in [0.4, 0.5) is 5.82 Å². The number of carbonyl (C=O) groups excluding carboxylic acids is 1. The Labute approximate surface area is 190 Å². The van der Waals surface area contributed by atoms with E-state index in [1.165, 1.54) is 37.7 Å². The number of aryl methyl sites for hydroxylation is 1. The molecule has 31 heavy (non-hydrogen) atoms. The summed E-state index contributed by atoms with van der Waals surface area (Å²) in [6.07, 6.45) is 9.66. The lowest BCUT2D eigenvalue weighted by atomic mass is 9.94. The normalized spacial score (nSPS) is 17.2. The smallest absolute Gasteiger partial charge is 0.253 e. The molecule has 0 radical (unpaired) electrons. The summed E-state index contributed by atoms with van der Waals surface area (Å²) in [6.45, 7) is 3.93. The van der Waals surface area contributed by atoms with Gasteiger partial charge in [-0.15, -0.1) is 0 Å². The zero-order chi connectivity index (χ0) is 21.6. The van der Waals surface area contributed by atoms with E-state index in [0.717, 1.165) is 60.3 Å². The largest absolute Gasteiger partial charge is 0.357 e. The van der Waals surface area contributed by atoms with E-state index < -0.39 is 0 Å². The number of hydrogen-bond donors (Lipinski definition) is 0. The molecule has 0 N–H and O–H groups in total. The fraction of sp³-hybridized carbons (Fsp3) is 0.560. The molecule has 0 spiro atoms. The summed E-state index contributed by atoms with van der Waals surface area (Å²) >= 11 is 1.68. The molecular formula is C25H34N4OS. The van der Waals surface area contributed by atoms with Crippen molar-refractivity contribution < 1.29 is 4.79 Å². The minimum Gasteiger partial charge on any atom is -0.357 e. The third-order valence-corrected chi connectivity index (χ3v) is 7.47. The quantitative estimate of drug-likeness (QED) is 0.432. The van der Waals surface area contributed by atoms with E-state index in [0.29, 0.717) is 6.04 Å². The van der Waals surface area contributed by atoms with Crippen molar-refractivity contribution in [3.8, 4) is 0 Å². The summed E-state index contributed by atoms with van der Waals surface area (Å²) in [4.78, 5) is 26.5. The monoisotopic (exact) mass is 438 g/mol. The van der Waals surface area contributed by atoms with E-state index in [4.69, 9.17) is 9.97 Å². The molecule has 6 heteroatoms. The van der Waals surface area contributed by atoms with Crippen molar-refractivity contribution in [1.82, 2.24) is 14.9 Å². The first kappa shape index (κ1) is 22.1. The van der Waals surface area contributed by atoms with Crippen LogP contribution in [0.5, 0.6) is 0 Å². The Morgan fingerprint density at radius 2 is 1.77 bits per heavy atom. The van der Waals surface area contributed by atoms with Gasteiger partial charge < -0.3 is 9.80 Å². The molecule has 0 unspecified atom stereocenters. The van der Waals surface area contributed by atoms with Crippen LogP contribution in [-0.2, 0) is 12.2 Å². The Hall–Kier alpha value is -2.08. The topological polar surface area (TPSA) is 49.3 Å². The van der Waals surface area contributed by atoms with Crippen molar-refractivity contribution in [2.75, 3.05) is 25.0 Å². The van der Waals surface area contributed by atoms with Crippen molar-refractivity contribution in [2.24, 2.45) is 0 Å². The fourth-order valence-electron chi connectivity index (χ4n) is 4.54. The van der Waals surface area contributed by atoms with Crippen LogP contribution in [0.2, 0.25) is 0 Å². The molecule has 2 fully saturated rings. The summed E-state index contributed by atoms with van der Waals surface area (Å²) in [5.41, 5.74) is 3.08. The van der Waals surface area contributed by atoms with Crippen molar-refractivity contribution in [3.05, 3.63) is 47.2 Å². The van der Waals surface area contributed by atoms with Gasteiger partial charge in [0.2, 0.25) is 0 Å². The number of benzene rings is 1. The van der Waals surface area contributed by atoms with Gasteiger partial charge in [-0.05, 0) is 49.8 Å². The highest BCUT2D eigenvalue weighted by atomic mass is 32.2. The predicted octanol–water partition coefficient (Wildman–Crippen LogP) is 5.34. The van der Waals surface area contributed by atoms with E-state index in [1.54, 1.807) is 11.8 Å². The van der Waals surface area contributed by atoms with Gasteiger partial charge in [-0.25, -0.2) is 9.97 Å². The molecule has 5 nitrogen and oxygen atoms in total. The number of likely N-dealkylation sites (tertiary alicyclic amines) is 1. The Kier molecular flexibility index (Phi) is 7.49. The standard InChI is InChI=1S/C25H34N4OS/c1-3-21-17-23(28(2)22-9-5-4-6-10-22)27-25(26-21)31-18-19-11-13-20(14-12-19)24(30)29-15-7-8-16-29/h11-14,17,22H,3-10,15-16,18H2,1-2H3. The van der Waals surface area contributed by atoms with Crippen LogP contribution in [0, 0.1) is 0 Å². The zero-order valence-corrected chi connectivity index (χ0v) is 19.7. The second kappa shape index (κ2) is 10.5. The second-order valence-electron chi connectivity index (χ2n) is 8.74. The van der Waals surface area contributed by atoms with Gasteiger partial charge in [-0.3, -0.25) is 4.79 Å². The van der Waals surface area contributed by atoms with Gasteiger partial charge in [0.25, 0.3) is 5.91 Å². The maximum atomic E-state index is 12.5. The number of anilines is 1. The lowest BCUT2D eigenvalue weighted by Gasteiger charge is -2.32. The summed E-state index contributed by atoms with van der Waals surface area (Å²) < 4.78 is 0. The first-order chi connectivity index (χ1) is 15.1. The number of amides is 1. The molecular weight excluding hydrogens is 404 g/mol. The maximum Gasteiger partial charge on any atom is 0.253 e. The first-order valence-electron chi connectivity index (χ1n) is 11.8. The molecule has 1 saturated carbocycles. The van der Waals surface area contributed by atoms with Crippen LogP contribution in [0.25, 0.3) is 0 Å². The van der Waals surface area contributed by atoms with Crippen LogP contribution in [0.15, 0.2) is 35.5 Å². The molecule has 0 bridgehead atoms. The van der Waals surface area contributed by atoms with Gasteiger partial charge in [-0.2, -0.15) is 0 Å². The van der Waals surface area contributed by atoms with Crippen molar-refractivity contribution in [1.29, 1.82) is 0 Å². The van der Waals surface area contributed by atoms with Crippen molar-refractivity contribution in [2.45, 2.75) is 75.2 Å². The minimum absolute atomic E-state index is 0.158. The fourth-order valence-corrected chi connectivity index (χ4v) is 5.36. The Morgan fingerprint density at radius 1 is 1.06 bits per heavy atom. The number of rotatable bonds is 7. The SMILES string of the molecule is CCc1cc(N(C)C2CCCCC2)nc(SCc2ccc(C(=O)N3CCCC3)cc2)n1. The van der Waals surface area contributed by atoms with E-state index in [9.17, 15) is 4.79 Å². The molecule has 1 aromatic carbocycles. The summed E-state index contributed by atoms with van der Waals surface area (Å²) in [5, 5.41) is 0.842. The third-order valence-electron chi connectivity index (χ3n) is 6.55. The van der Waals surface area contributed by atoms with Crippen molar-refractivity contribution >= 4 is 23.5 Å². The molecule has 2 aliphatic rings. The maximum absolute atomic E-state index is 12.5. The average Bonchev–Trinajstić information content (AvgIpc) is 3.37. The van der Waals surface area contributed by atoms with Crippen molar-refractivity contribution in [3.63, 3.8) is 0 Å². The number of nitrogens with zero attached hydrogens (tertiary/aromatic N) is 4. The Morgan fingerprint density at radius 3 is 2.45 bits per heavy atom. The van der Waals surface area contributed by atoms with E-state index in [2.05, 4.69) is 37.1 Å². The van der Waals surface area contributed by atoms with Crippen LogP contribution in [-0.4, -0.2) is 47.0 Å². The lowest BCUT2D eigenvalue weighted by molar-refractivity contribution is 0.0793. The molecule has 1 amide bonds. The number of thioether (sulfide) groups is 1. The Bertz CT molecular complexity index is 874. The zero-order valence-electron chi connectivity index (χ0n) is 18.8. The molecule has 166 valence electrons. The Balaban J connectivity index is 1.41. The van der Waals surface area contributed by atoms with Gasteiger partial charge >= 0.3 is 0 Å². The molecule has 1 aliphatic heterocycles. The second-order valence-corrected chi connectivity index (χ2v) is 9.68. The minimum atomic E-state index is 0.158. The summed E-state index contributed by atoms with van der Waals surface area (Å²) in [5.74, 6) is 2.01. The number of hydrogen-bond acceptors (Lipinski definition) is 5. The molecule has 4 rings (SSSR count). The van der Waals surface area contributed by atoms with Crippen LogP contribution >= 0.6 is 11.8 Å². The third kappa shape index (κ3) is 5.59. The molecule has 1 aromatic heterocycles. The highest BCUT2D eigenvalue weighted by Gasteiger charge is 2.21. The van der Waals surface area contributed by atoms with Gasteiger partial charge in [0, 0.05) is 49.3 Å². The molecule has 1 aliphatic carbocycles. The average molecular weight is 439 g/mol. The molecule has 2 heterocycles. The number of carbonyl (C=O) groups is 1.